The highest BCUT2D eigenvalue weighted by molar-refractivity contribution is 5.82. The van der Waals surface area contributed by atoms with E-state index >= 15 is 0 Å². The average Bonchev–Trinajstić information content (AvgIpc) is 2.80. The monoisotopic (exact) mass is 270 g/mol. The van der Waals surface area contributed by atoms with Crippen molar-refractivity contribution in [2.45, 2.75) is 31.8 Å². The molecule has 2 atom stereocenters. The molecule has 19 heavy (non-hydrogen) atoms. The number of carbonyl (C=O) groups excluding carboxylic acids is 1. The molecule has 0 saturated heterocycles. The molecule has 7 heteroatoms. The molecule has 0 spiro atoms. The van der Waals surface area contributed by atoms with Gasteiger partial charge in [-0.15, -0.1) is 0 Å². The number of aliphatic hydroxyl groups is 1. The van der Waals surface area contributed by atoms with E-state index in [9.17, 15) is 9.59 Å². The summed E-state index contributed by atoms with van der Waals surface area (Å²) >= 11 is 0. The number of furan rings is 1. The molecule has 0 aliphatic carbocycles. The lowest BCUT2D eigenvalue weighted by Gasteiger charge is -2.17. The van der Waals surface area contributed by atoms with Gasteiger partial charge in [-0.25, -0.2) is 9.59 Å². The summed E-state index contributed by atoms with van der Waals surface area (Å²) in [5, 5.41) is 22.4. The molecule has 1 rings (SSSR count). The van der Waals surface area contributed by atoms with Crippen molar-refractivity contribution >= 4 is 12.0 Å². The van der Waals surface area contributed by atoms with Crippen LogP contribution in [0.15, 0.2) is 22.8 Å². The van der Waals surface area contributed by atoms with Crippen LogP contribution in [0.1, 0.15) is 19.1 Å². The van der Waals surface area contributed by atoms with E-state index in [1.807, 2.05) is 0 Å². The van der Waals surface area contributed by atoms with Crippen molar-refractivity contribution in [3.8, 4) is 0 Å². The lowest BCUT2D eigenvalue weighted by Crippen LogP contribution is -2.49. The number of carboxylic acid groups (broad SMARTS) is 1. The minimum Gasteiger partial charge on any atom is -0.480 e. The van der Waals surface area contributed by atoms with Gasteiger partial charge in [0.1, 0.15) is 11.8 Å². The quantitative estimate of drug-likeness (QED) is 0.571. The molecule has 0 saturated carbocycles. The molecule has 0 bridgehead atoms. The lowest BCUT2D eigenvalue weighted by atomic mass is 10.2. The molecule has 0 radical (unpaired) electrons. The van der Waals surface area contributed by atoms with Gasteiger partial charge >= 0.3 is 12.0 Å². The minimum atomic E-state index is -1.18. The third-order valence-electron chi connectivity index (χ3n) is 2.49. The number of carboxylic acids is 1. The van der Waals surface area contributed by atoms with E-state index in [0.29, 0.717) is 6.42 Å². The summed E-state index contributed by atoms with van der Waals surface area (Å²) in [7, 11) is 0. The molecule has 2 amide bonds. The SMILES string of the molecule is CC(Cc1ccco1)NC(=O)N[C@@H](CCO)C(=O)O. The highest BCUT2D eigenvalue weighted by atomic mass is 16.4. The van der Waals surface area contributed by atoms with Gasteiger partial charge in [0, 0.05) is 25.5 Å². The number of urea groups is 1. The van der Waals surface area contributed by atoms with E-state index in [0.717, 1.165) is 5.76 Å². The van der Waals surface area contributed by atoms with Crippen LogP contribution in [0.3, 0.4) is 0 Å². The summed E-state index contributed by atoms with van der Waals surface area (Å²) in [5.74, 6) is -0.444. The lowest BCUT2D eigenvalue weighted by molar-refractivity contribution is -0.139. The molecule has 0 fully saturated rings. The van der Waals surface area contributed by atoms with Gasteiger partial charge in [0.25, 0.3) is 0 Å². The first-order chi connectivity index (χ1) is 9.02. The van der Waals surface area contributed by atoms with Crippen molar-refractivity contribution in [1.29, 1.82) is 0 Å². The smallest absolute Gasteiger partial charge is 0.326 e. The summed E-state index contributed by atoms with van der Waals surface area (Å²) in [6, 6.07) is 1.67. The number of rotatable bonds is 7. The van der Waals surface area contributed by atoms with Gasteiger partial charge in [-0.2, -0.15) is 0 Å². The number of aliphatic carboxylic acids is 1. The summed E-state index contributed by atoms with van der Waals surface area (Å²) in [4.78, 5) is 22.4. The Morgan fingerprint density at radius 1 is 1.42 bits per heavy atom. The van der Waals surface area contributed by atoms with Gasteiger partial charge in [-0.05, 0) is 19.1 Å². The third kappa shape index (κ3) is 5.43. The normalized spacial score (nSPS) is 13.6. The maximum absolute atomic E-state index is 11.6. The standard InChI is InChI=1S/C12H18N2O5/c1-8(7-9-3-2-6-19-9)13-12(18)14-10(4-5-15)11(16)17/h2-3,6,8,10,15H,4-5,7H2,1H3,(H,16,17)(H2,13,14,18)/t8?,10-/m0/s1. The number of hydrogen-bond acceptors (Lipinski definition) is 4. The Kier molecular flexibility index (Phi) is 5.87. The van der Waals surface area contributed by atoms with Crippen LogP contribution in [0.5, 0.6) is 0 Å². The number of aliphatic hydroxyl groups excluding tert-OH is 1. The number of hydrogen-bond donors (Lipinski definition) is 4. The zero-order valence-corrected chi connectivity index (χ0v) is 10.6. The van der Waals surface area contributed by atoms with E-state index in [1.54, 1.807) is 25.3 Å². The van der Waals surface area contributed by atoms with Gasteiger partial charge in [0.05, 0.1) is 6.26 Å². The van der Waals surface area contributed by atoms with Gasteiger partial charge in [-0.3, -0.25) is 0 Å². The Bertz CT molecular complexity index is 404. The second-order valence-corrected chi connectivity index (χ2v) is 4.21. The zero-order valence-electron chi connectivity index (χ0n) is 10.6. The van der Waals surface area contributed by atoms with Crippen molar-refractivity contribution in [3.63, 3.8) is 0 Å². The molecule has 0 aliphatic heterocycles. The molecule has 0 aromatic carbocycles. The fraction of sp³-hybridized carbons (Fsp3) is 0.500. The first kappa shape index (κ1) is 15.0. The highest BCUT2D eigenvalue weighted by Gasteiger charge is 2.20. The fourth-order valence-electron chi connectivity index (χ4n) is 1.59. The highest BCUT2D eigenvalue weighted by Crippen LogP contribution is 2.03. The summed E-state index contributed by atoms with van der Waals surface area (Å²) in [5.41, 5.74) is 0. The molecule has 1 heterocycles. The number of carbonyl (C=O) groups is 2. The maximum atomic E-state index is 11.6. The van der Waals surface area contributed by atoms with Crippen LogP contribution in [0.25, 0.3) is 0 Å². The number of amides is 2. The second-order valence-electron chi connectivity index (χ2n) is 4.21. The molecule has 1 aromatic rings. The first-order valence-electron chi connectivity index (χ1n) is 5.96. The molecule has 4 N–H and O–H groups in total. The van der Waals surface area contributed by atoms with Gasteiger partial charge in [-0.1, -0.05) is 0 Å². The van der Waals surface area contributed by atoms with Crippen molar-refractivity contribution < 1.29 is 24.2 Å². The van der Waals surface area contributed by atoms with Crippen LogP contribution in [-0.4, -0.2) is 40.9 Å². The van der Waals surface area contributed by atoms with Gasteiger partial charge < -0.3 is 25.3 Å². The molecular formula is C12H18N2O5. The van der Waals surface area contributed by atoms with Crippen molar-refractivity contribution in [3.05, 3.63) is 24.2 Å². The average molecular weight is 270 g/mol. The molecule has 1 aromatic heterocycles. The summed E-state index contributed by atoms with van der Waals surface area (Å²) in [6.07, 6.45) is 2.03. The third-order valence-corrected chi connectivity index (χ3v) is 2.49. The second kappa shape index (κ2) is 7.42. The Labute approximate surface area is 110 Å². The van der Waals surface area contributed by atoms with Gasteiger partial charge in [0.2, 0.25) is 0 Å². The number of nitrogens with one attached hydrogen (secondary N) is 2. The topological polar surface area (TPSA) is 112 Å². The van der Waals surface area contributed by atoms with Crippen molar-refractivity contribution in [2.75, 3.05) is 6.61 Å². The fourth-order valence-corrected chi connectivity index (χ4v) is 1.59. The van der Waals surface area contributed by atoms with Crippen molar-refractivity contribution in [1.82, 2.24) is 10.6 Å². The Balaban J connectivity index is 2.38. The predicted molar refractivity (Wildman–Crippen MR) is 66.7 cm³/mol. The van der Waals surface area contributed by atoms with E-state index in [4.69, 9.17) is 14.6 Å². The molecule has 7 nitrogen and oxygen atoms in total. The molecule has 1 unspecified atom stereocenters. The zero-order chi connectivity index (χ0) is 14.3. The van der Waals surface area contributed by atoms with E-state index < -0.39 is 18.0 Å². The van der Waals surface area contributed by atoms with E-state index in [2.05, 4.69) is 10.6 Å². The summed E-state index contributed by atoms with van der Waals surface area (Å²) in [6.45, 7) is 1.48. The van der Waals surface area contributed by atoms with Crippen LogP contribution in [-0.2, 0) is 11.2 Å². The Hall–Kier alpha value is -2.02. The first-order valence-corrected chi connectivity index (χ1v) is 5.96. The van der Waals surface area contributed by atoms with Crippen LogP contribution in [0.2, 0.25) is 0 Å². The van der Waals surface area contributed by atoms with Crippen LogP contribution in [0.4, 0.5) is 4.79 Å². The van der Waals surface area contributed by atoms with Crippen LogP contribution < -0.4 is 10.6 Å². The van der Waals surface area contributed by atoms with E-state index in [-0.39, 0.29) is 19.1 Å². The van der Waals surface area contributed by atoms with Crippen LogP contribution in [0, 0.1) is 0 Å². The Morgan fingerprint density at radius 3 is 2.68 bits per heavy atom. The molecule has 0 aliphatic rings. The molecule has 106 valence electrons. The minimum absolute atomic E-state index is 0.0324. The van der Waals surface area contributed by atoms with Gasteiger partial charge in [0.15, 0.2) is 0 Å². The predicted octanol–water partition coefficient (Wildman–Crippen LogP) is 0.345. The largest absolute Gasteiger partial charge is 0.480 e. The Morgan fingerprint density at radius 2 is 2.16 bits per heavy atom. The van der Waals surface area contributed by atoms with Crippen molar-refractivity contribution in [2.24, 2.45) is 0 Å². The van der Waals surface area contributed by atoms with Crippen LogP contribution >= 0.6 is 0 Å². The maximum Gasteiger partial charge on any atom is 0.326 e. The molecular weight excluding hydrogens is 252 g/mol. The summed E-state index contributed by atoms with van der Waals surface area (Å²) < 4.78 is 5.14. The van der Waals surface area contributed by atoms with E-state index in [1.165, 1.54) is 0 Å².